The zero-order chi connectivity index (χ0) is 14.8. The fourth-order valence-corrected chi connectivity index (χ4v) is 2.29. The van der Waals surface area contributed by atoms with Crippen LogP contribution >= 0.6 is 11.6 Å². The number of rotatable bonds is 2. The van der Waals surface area contributed by atoms with Crippen molar-refractivity contribution in [3.05, 3.63) is 77.1 Å². The molecule has 0 aliphatic carbocycles. The molecule has 2 nitrogen and oxygen atoms in total. The molecule has 4 heteroatoms. The lowest BCUT2D eigenvalue weighted by molar-refractivity contribution is 0.102. The van der Waals surface area contributed by atoms with E-state index in [4.69, 9.17) is 11.6 Å². The summed E-state index contributed by atoms with van der Waals surface area (Å²) in [6, 6.07) is 17.3. The molecule has 0 saturated carbocycles. The van der Waals surface area contributed by atoms with Gasteiger partial charge in [0.2, 0.25) is 0 Å². The molecular formula is C17H11ClFNO. The van der Waals surface area contributed by atoms with Crippen molar-refractivity contribution in [2.75, 3.05) is 5.32 Å². The second kappa shape index (κ2) is 5.54. The quantitative estimate of drug-likeness (QED) is 0.717. The molecule has 0 spiro atoms. The van der Waals surface area contributed by atoms with Gasteiger partial charge in [0.25, 0.3) is 5.91 Å². The molecule has 0 saturated heterocycles. The summed E-state index contributed by atoms with van der Waals surface area (Å²) in [5.41, 5.74) is 0.994. The molecule has 3 rings (SSSR count). The minimum Gasteiger partial charge on any atom is -0.322 e. The van der Waals surface area contributed by atoms with Gasteiger partial charge in [-0.15, -0.1) is 0 Å². The summed E-state index contributed by atoms with van der Waals surface area (Å²) in [7, 11) is 0. The van der Waals surface area contributed by atoms with E-state index < -0.39 is 5.82 Å². The molecule has 0 fully saturated rings. The van der Waals surface area contributed by atoms with E-state index in [9.17, 15) is 9.18 Å². The van der Waals surface area contributed by atoms with Gasteiger partial charge >= 0.3 is 0 Å². The average Bonchev–Trinajstić information content (AvgIpc) is 2.50. The lowest BCUT2D eigenvalue weighted by Crippen LogP contribution is -2.11. The molecule has 0 aliphatic heterocycles. The molecule has 1 N–H and O–H groups in total. The lowest BCUT2D eigenvalue weighted by Gasteiger charge is -2.07. The van der Waals surface area contributed by atoms with E-state index in [1.165, 1.54) is 18.2 Å². The van der Waals surface area contributed by atoms with Crippen LogP contribution in [0.2, 0.25) is 5.02 Å². The van der Waals surface area contributed by atoms with Crippen LogP contribution in [0.1, 0.15) is 10.4 Å². The molecule has 3 aromatic rings. The van der Waals surface area contributed by atoms with Crippen LogP contribution in [0, 0.1) is 5.82 Å². The molecule has 0 radical (unpaired) electrons. The smallest absolute Gasteiger partial charge is 0.255 e. The van der Waals surface area contributed by atoms with Crippen molar-refractivity contribution < 1.29 is 9.18 Å². The maximum atomic E-state index is 13.1. The monoisotopic (exact) mass is 299 g/mol. The third kappa shape index (κ3) is 2.88. The molecule has 0 aliphatic rings. The largest absolute Gasteiger partial charge is 0.322 e. The molecule has 0 heterocycles. The minimum absolute atomic E-state index is 0.0219. The predicted molar refractivity (Wildman–Crippen MR) is 83.3 cm³/mol. The maximum Gasteiger partial charge on any atom is 0.255 e. The molecule has 0 unspecified atom stereocenters. The second-order valence-corrected chi connectivity index (χ2v) is 5.05. The molecule has 104 valence electrons. The minimum atomic E-state index is -0.514. The van der Waals surface area contributed by atoms with E-state index in [0.717, 1.165) is 10.8 Å². The molecule has 0 atom stereocenters. The number of halogens is 2. The van der Waals surface area contributed by atoms with Crippen LogP contribution in [0.3, 0.4) is 0 Å². The van der Waals surface area contributed by atoms with Crippen LogP contribution in [0.25, 0.3) is 10.8 Å². The molecule has 0 aromatic heterocycles. The average molecular weight is 300 g/mol. The Balaban J connectivity index is 1.87. The Labute approximate surface area is 126 Å². The number of amides is 1. The summed E-state index contributed by atoms with van der Waals surface area (Å²) < 4.78 is 13.1. The number of carbonyl (C=O) groups excluding carboxylic acids is 1. The van der Waals surface area contributed by atoms with Crippen LogP contribution in [0.5, 0.6) is 0 Å². The van der Waals surface area contributed by atoms with Gasteiger partial charge in [0.15, 0.2) is 0 Å². The van der Waals surface area contributed by atoms with Crippen molar-refractivity contribution in [2.45, 2.75) is 0 Å². The van der Waals surface area contributed by atoms with Gasteiger partial charge < -0.3 is 5.32 Å². The van der Waals surface area contributed by atoms with E-state index >= 15 is 0 Å². The van der Waals surface area contributed by atoms with Crippen molar-refractivity contribution >= 4 is 34.0 Å². The van der Waals surface area contributed by atoms with Gasteiger partial charge in [-0.3, -0.25) is 4.79 Å². The number of hydrogen-bond donors (Lipinski definition) is 1. The zero-order valence-corrected chi connectivity index (χ0v) is 11.7. The maximum absolute atomic E-state index is 13.1. The van der Waals surface area contributed by atoms with Crippen LogP contribution < -0.4 is 5.32 Å². The fraction of sp³-hybridized carbons (Fsp3) is 0. The number of anilines is 1. The third-order valence-corrected chi connectivity index (χ3v) is 3.48. The normalized spacial score (nSPS) is 10.6. The molecule has 3 aromatic carbocycles. The summed E-state index contributed by atoms with van der Waals surface area (Å²) in [4.78, 5) is 12.2. The first-order valence-corrected chi connectivity index (χ1v) is 6.76. The molecule has 0 bridgehead atoms. The van der Waals surface area contributed by atoms with Crippen molar-refractivity contribution in [2.24, 2.45) is 0 Å². The lowest BCUT2D eigenvalue weighted by atomic mass is 10.1. The SMILES string of the molecule is O=C(Nc1ccc(F)c(Cl)c1)c1ccc2ccccc2c1. The van der Waals surface area contributed by atoms with Crippen LogP contribution in [0.15, 0.2) is 60.7 Å². The summed E-state index contributed by atoms with van der Waals surface area (Å²) >= 11 is 5.70. The van der Waals surface area contributed by atoms with Crippen molar-refractivity contribution in [3.8, 4) is 0 Å². The number of nitrogens with one attached hydrogen (secondary N) is 1. The number of hydrogen-bond acceptors (Lipinski definition) is 1. The molecule has 21 heavy (non-hydrogen) atoms. The third-order valence-electron chi connectivity index (χ3n) is 3.19. The first-order valence-electron chi connectivity index (χ1n) is 6.39. The fourth-order valence-electron chi connectivity index (χ4n) is 2.11. The van der Waals surface area contributed by atoms with Gasteiger partial charge in [-0.1, -0.05) is 41.9 Å². The van der Waals surface area contributed by atoms with E-state index in [1.54, 1.807) is 6.07 Å². The Hall–Kier alpha value is -2.39. The Kier molecular flexibility index (Phi) is 3.59. The number of carbonyl (C=O) groups is 1. The topological polar surface area (TPSA) is 29.1 Å². The highest BCUT2D eigenvalue weighted by Crippen LogP contribution is 2.21. The van der Waals surface area contributed by atoms with Gasteiger partial charge in [-0.2, -0.15) is 0 Å². The van der Waals surface area contributed by atoms with E-state index in [2.05, 4.69) is 5.32 Å². The summed E-state index contributed by atoms with van der Waals surface area (Å²) in [6.45, 7) is 0. The molecular weight excluding hydrogens is 289 g/mol. The van der Waals surface area contributed by atoms with E-state index in [-0.39, 0.29) is 10.9 Å². The predicted octanol–water partition coefficient (Wildman–Crippen LogP) is 4.88. The number of benzene rings is 3. The second-order valence-electron chi connectivity index (χ2n) is 4.64. The van der Waals surface area contributed by atoms with Gasteiger partial charge in [-0.25, -0.2) is 4.39 Å². The Bertz CT molecular complexity index is 832. The Morgan fingerprint density at radius 2 is 1.71 bits per heavy atom. The first-order chi connectivity index (χ1) is 10.1. The number of fused-ring (bicyclic) bond motifs is 1. The van der Waals surface area contributed by atoms with Crippen molar-refractivity contribution in [1.29, 1.82) is 0 Å². The molecule has 1 amide bonds. The Morgan fingerprint density at radius 1 is 0.952 bits per heavy atom. The Morgan fingerprint density at radius 3 is 2.48 bits per heavy atom. The van der Waals surface area contributed by atoms with Crippen molar-refractivity contribution in [3.63, 3.8) is 0 Å². The van der Waals surface area contributed by atoms with Crippen LogP contribution in [0.4, 0.5) is 10.1 Å². The van der Waals surface area contributed by atoms with E-state index in [0.29, 0.717) is 11.3 Å². The summed E-state index contributed by atoms with van der Waals surface area (Å²) in [6.07, 6.45) is 0. The first kappa shape index (κ1) is 13.6. The zero-order valence-electron chi connectivity index (χ0n) is 10.9. The van der Waals surface area contributed by atoms with Gasteiger partial charge in [0.05, 0.1) is 5.02 Å². The van der Waals surface area contributed by atoms with Crippen LogP contribution in [-0.2, 0) is 0 Å². The standard InChI is InChI=1S/C17H11ClFNO/c18-15-10-14(7-8-16(15)19)20-17(21)13-6-5-11-3-1-2-4-12(11)9-13/h1-10H,(H,20,21). The van der Waals surface area contributed by atoms with Crippen molar-refractivity contribution in [1.82, 2.24) is 0 Å². The summed E-state index contributed by atoms with van der Waals surface area (Å²) in [5, 5.41) is 4.74. The van der Waals surface area contributed by atoms with E-state index in [1.807, 2.05) is 36.4 Å². The van der Waals surface area contributed by atoms with Crippen LogP contribution in [-0.4, -0.2) is 5.91 Å². The highest BCUT2D eigenvalue weighted by Gasteiger charge is 2.08. The summed E-state index contributed by atoms with van der Waals surface area (Å²) in [5.74, 6) is -0.774. The van der Waals surface area contributed by atoms with Gasteiger partial charge in [0, 0.05) is 11.3 Å². The highest BCUT2D eigenvalue weighted by atomic mass is 35.5. The highest BCUT2D eigenvalue weighted by molar-refractivity contribution is 6.31. The van der Waals surface area contributed by atoms with Gasteiger partial charge in [-0.05, 0) is 41.1 Å². The van der Waals surface area contributed by atoms with Gasteiger partial charge in [0.1, 0.15) is 5.82 Å².